The number of aryl methyl sites for hydroxylation is 1. The first-order valence-corrected chi connectivity index (χ1v) is 7.37. The van der Waals surface area contributed by atoms with Crippen molar-refractivity contribution in [2.24, 2.45) is 0 Å². The summed E-state index contributed by atoms with van der Waals surface area (Å²) in [5.74, 6) is 0.485. The number of rotatable bonds is 4. The largest absolute Gasteiger partial charge is 0.349 e. The Hall–Kier alpha value is -1.14. The van der Waals surface area contributed by atoms with Crippen molar-refractivity contribution < 1.29 is 9.18 Å². The van der Waals surface area contributed by atoms with Gasteiger partial charge in [0.05, 0.1) is 21.4 Å². The van der Waals surface area contributed by atoms with Gasteiger partial charge in [-0.3, -0.25) is 4.79 Å². The number of benzene rings is 1. The molecule has 1 amide bonds. The number of aromatic nitrogens is 2. The molecule has 0 saturated heterocycles. The molecule has 1 aromatic heterocycles. The van der Waals surface area contributed by atoms with Crippen LogP contribution in [-0.2, 0) is 17.2 Å². The second kappa shape index (κ2) is 6.10. The van der Waals surface area contributed by atoms with E-state index in [4.69, 9.17) is 11.6 Å². The van der Waals surface area contributed by atoms with Gasteiger partial charge in [-0.1, -0.05) is 0 Å². The fourth-order valence-corrected chi connectivity index (χ4v) is 2.49. The molecule has 0 radical (unpaired) electrons. The summed E-state index contributed by atoms with van der Waals surface area (Å²) in [6.45, 7) is 0.427. The van der Waals surface area contributed by atoms with Crippen molar-refractivity contribution in [2.45, 2.75) is 18.8 Å². The maximum absolute atomic E-state index is 13.7. The van der Waals surface area contributed by atoms with Crippen molar-refractivity contribution in [3.05, 3.63) is 28.2 Å². The van der Waals surface area contributed by atoms with E-state index in [-0.39, 0.29) is 17.6 Å². The minimum Gasteiger partial charge on any atom is -0.349 e. The number of hydrogen-bond acceptors (Lipinski definition) is 2. The average molecular weight is 363 g/mol. The van der Waals surface area contributed by atoms with E-state index >= 15 is 0 Å². The first kappa shape index (κ1) is 15.3. The number of imidazole rings is 1. The van der Waals surface area contributed by atoms with E-state index in [1.807, 2.05) is 0 Å². The summed E-state index contributed by atoms with van der Waals surface area (Å²) in [5.41, 5.74) is 1.30. The fraction of sp³-hybridized carbons (Fsp3) is 0.385. The summed E-state index contributed by atoms with van der Waals surface area (Å²) in [6, 6.07) is 3.02. The summed E-state index contributed by atoms with van der Waals surface area (Å²) < 4.78 is 15.8. The monoisotopic (exact) mass is 361 g/mol. The molecular formula is C13H14BrClFN3O. The van der Waals surface area contributed by atoms with Gasteiger partial charge in [0.25, 0.3) is 0 Å². The van der Waals surface area contributed by atoms with Gasteiger partial charge in [-0.05, 0) is 22.0 Å². The van der Waals surface area contributed by atoms with Gasteiger partial charge in [0, 0.05) is 33.1 Å². The number of nitrogens with zero attached hydrogens (tertiary/aromatic N) is 3. The van der Waals surface area contributed by atoms with Crippen LogP contribution in [0.2, 0.25) is 0 Å². The molecule has 1 aromatic carbocycles. The molecule has 0 bridgehead atoms. The van der Waals surface area contributed by atoms with Crippen molar-refractivity contribution in [2.75, 3.05) is 14.1 Å². The number of fused-ring (bicyclic) bond motifs is 1. The Kier molecular flexibility index (Phi) is 4.65. The lowest BCUT2D eigenvalue weighted by molar-refractivity contribution is -0.128. The molecule has 0 N–H and O–H groups in total. The summed E-state index contributed by atoms with van der Waals surface area (Å²) in [6.07, 6.45) is 0.319. The molecule has 0 aliphatic heterocycles. The van der Waals surface area contributed by atoms with Gasteiger partial charge in [0.1, 0.15) is 11.6 Å². The quantitative estimate of drug-likeness (QED) is 0.784. The molecule has 0 aliphatic carbocycles. The van der Waals surface area contributed by atoms with E-state index in [1.165, 1.54) is 11.0 Å². The fourth-order valence-electron chi connectivity index (χ4n) is 1.95. The number of carbonyl (C=O) groups excluding carboxylic acids is 1. The Bertz CT molecular complexity index is 657. The minimum atomic E-state index is -0.362. The highest BCUT2D eigenvalue weighted by Gasteiger charge is 2.14. The predicted octanol–water partition coefficient (Wildman–Crippen LogP) is 3.16. The van der Waals surface area contributed by atoms with E-state index in [1.54, 1.807) is 24.7 Å². The first-order valence-electron chi connectivity index (χ1n) is 6.04. The van der Waals surface area contributed by atoms with Crippen molar-refractivity contribution >= 4 is 44.5 Å². The van der Waals surface area contributed by atoms with Crippen LogP contribution >= 0.6 is 27.5 Å². The third-order valence-corrected chi connectivity index (χ3v) is 3.88. The Morgan fingerprint density at radius 2 is 2.20 bits per heavy atom. The summed E-state index contributed by atoms with van der Waals surface area (Å²) in [5, 5.41) is 0. The highest BCUT2D eigenvalue weighted by atomic mass is 79.9. The molecule has 7 heteroatoms. The molecule has 20 heavy (non-hydrogen) atoms. The molecule has 1 heterocycles. The summed E-state index contributed by atoms with van der Waals surface area (Å²) in [4.78, 5) is 17.6. The van der Waals surface area contributed by atoms with Crippen molar-refractivity contribution in [3.63, 3.8) is 0 Å². The maximum Gasteiger partial charge on any atom is 0.223 e. The second-order valence-corrected chi connectivity index (χ2v) is 5.73. The molecule has 2 aromatic rings. The molecular weight excluding hydrogens is 349 g/mol. The zero-order valence-corrected chi connectivity index (χ0v) is 13.5. The third kappa shape index (κ3) is 2.96. The Balaban J connectivity index is 2.40. The zero-order chi connectivity index (χ0) is 14.9. The highest BCUT2D eigenvalue weighted by Crippen LogP contribution is 2.25. The van der Waals surface area contributed by atoms with E-state index in [9.17, 15) is 9.18 Å². The van der Waals surface area contributed by atoms with Crippen LogP contribution in [0, 0.1) is 5.82 Å². The average Bonchev–Trinajstić information content (AvgIpc) is 2.73. The molecule has 2 rings (SSSR count). The number of halogens is 3. The van der Waals surface area contributed by atoms with Crippen LogP contribution < -0.4 is 0 Å². The van der Waals surface area contributed by atoms with Crippen LogP contribution in [0.25, 0.3) is 11.0 Å². The normalized spacial score (nSPS) is 11.1. The van der Waals surface area contributed by atoms with E-state index < -0.39 is 0 Å². The highest BCUT2D eigenvalue weighted by molar-refractivity contribution is 9.10. The smallest absolute Gasteiger partial charge is 0.223 e. The van der Waals surface area contributed by atoms with Crippen molar-refractivity contribution in [3.8, 4) is 0 Å². The SMILES string of the molecule is CN(C)C(=O)CCn1c(CCl)nc2cc(Br)c(F)cc21. The molecule has 0 saturated carbocycles. The van der Waals surface area contributed by atoms with Gasteiger partial charge in [0.2, 0.25) is 5.91 Å². The maximum atomic E-state index is 13.7. The number of carbonyl (C=O) groups is 1. The van der Waals surface area contributed by atoms with Crippen LogP contribution in [0.5, 0.6) is 0 Å². The van der Waals surface area contributed by atoms with Crippen LogP contribution in [0.3, 0.4) is 0 Å². The van der Waals surface area contributed by atoms with Gasteiger partial charge in [0.15, 0.2) is 0 Å². The van der Waals surface area contributed by atoms with Crippen LogP contribution in [0.4, 0.5) is 4.39 Å². The van der Waals surface area contributed by atoms with Gasteiger partial charge >= 0.3 is 0 Å². The van der Waals surface area contributed by atoms with Crippen molar-refractivity contribution in [1.82, 2.24) is 14.5 Å². The van der Waals surface area contributed by atoms with E-state index in [0.717, 1.165) is 0 Å². The second-order valence-electron chi connectivity index (χ2n) is 4.61. The third-order valence-electron chi connectivity index (χ3n) is 3.04. The molecule has 0 unspecified atom stereocenters. The molecule has 0 aliphatic rings. The Morgan fingerprint density at radius 1 is 1.50 bits per heavy atom. The minimum absolute atomic E-state index is 0.00459. The molecule has 0 atom stereocenters. The van der Waals surface area contributed by atoms with Gasteiger partial charge < -0.3 is 9.47 Å². The Labute approximate surface area is 129 Å². The number of amides is 1. The van der Waals surface area contributed by atoms with E-state index in [0.29, 0.717) is 34.3 Å². The zero-order valence-electron chi connectivity index (χ0n) is 11.2. The molecule has 0 spiro atoms. The van der Waals surface area contributed by atoms with Crippen LogP contribution in [-0.4, -0.2) is 34.5 Å². The molecule has 108 valence electrons. The summed E-state index contributed by atoms with van der Waals surface area (Å²) >= 11 is 9.01. The standard InChI is InChI=1S/C13H14BrClFN3O/c1-18(2)13(20)3-4-19-11-6-9(16)8(14)5-10(11)17-12(19)7-15/h5-6H,3-4,7H2,1-2H3. The molecule has 0 fully saturated rings. The first-order chi connectivity index (χ1) is 9.43. The van der Waals surface area contributed by atoms with E-state index in [2.05, 4.69) is 20.9 Å². The summed E-state index contributed by atoms with van der Waals surface area (Å²) in [7, 11) is 3.40. The van der Waals surface area contributed by atoms with Crippen LogP contribution in [0.1, 0.15) is 12.2 Å². The topological polar surface area (TPSA) is 38.1 Å². The van der Waals surface area contributed by atoms with Gasteiger partial charge in [-0.15, -0.1) is 11.6 Å². The number of alkyl halides is 1. The molecule has 4 nitrogen and oxygen atoms in total. The van der Waals surface area contributed by atoms with Gasteiger partial charge in [-0.25, -0.2) is 9.37 Å². The van der Waals surface area contributed by atoms with Crippen molar-refractivity contribution in [1.29, 1.82) is 0 Å². The van der Waals surface area contributed by atoms with Gasteiger partial charge in [-0.2, -0.15) is 0 Å². The lowest BCUT2D eigenvalue weighted by Gasteiger charge is -2.12. The lowest BCUT2D eigenvalue weighted by Crippen LogP contribution is -2.23. The number of hydrogen-bond donors (Lipinski definition) is 0. The predicted molar refractivity (Wildman–Crippen MR) is 80.3 cm³/mol. The Morgan fingerprint density at radius 3 is 2.80 bits per heavy atom. The lowest BCUT2D eigenvalue weighted by atomic mass is 10.3. The van der Waals surface area contributed by atoms with Crippen LogP contribution in [0.15, 0.2) is 16.6 Å².